The van der Waals surface area contributed by atoms with E-state index in [1.807, 2.05) is 31.4 Å². The second-order valence-electron chi connectivity index (χ2n) is 4.27. The average molecular weight is 276 g/mol. The van der Waals surface area contributed by atoms with Crippen molar-refractivity contribution in [3.63, 3.8) is 0 Å². The second-order valence-corrected chi connectivity index (χ2v) is 5.25. The van der Waals surface area contributed by atoms with Gasteiger partial charge in [0.25, 0.3) is 0 Å². The molecule has 0 fully saturated rings. The van der Waals surface area contributed by atoms with Gasteiger partial charge in [-0.3, -0.25) is 0 Å². The molecule has 4 nitrogen and oxygen atoms in total. The molecule has 2 aromatic rings. The zero-order valence-corrected chi connectivity index (χ0v) is 11.7. The molecular formula is C14H16N2O2S. The highest BCUT2D eigenvalue weighted by Gasteiger charge is 2.11. The zero-order valence-electron chi connectivity index (χ0n) is 10.9. The lowest BCUT2D eigenvalue weighted by Crippen LogP contribution is -2.09. The smallest absolute Gasteiger partial charge is 0.335 e. The van der Waals surface area contributed by atoms with Crippen molar-refractivity contribution in [3.8, 4) is 0 Å². The quantitative estimate of drug-likeness (QED) is 0.876. The Balaban J connectivity index is 2.24. The van der Waals surface area contributed by atoms with Crippen LogP contribution in [0.25, 0.3) is 0 Å². The van der Waals surface area contributed by atoms with Gasteiger partial charge in [0, 0.05) is 10.6 Å². The van der Waals surface area contributed by atoms with Crippen molar-refractivity contribution < 1.29 is 9.90 Å². The van der Waals surface area contributed by atoms with Gasteiger partial charge in [0.05, 0.1) is 11.6 Å². The topological polar surface area (TPSA) is 62.2 Å². The van der Waals surface area contributed by atoms with Crippen LogP contribution in [0, 0.1) is 0 Å². The van der Waals surface area contributed by atoms with E-state index in [0.717, 1.165) is 5.69 Å². The Hall–Kier alpha value is -1.88. The van der Waals surface area contributed by atoms with Gasteiger partial charge in [-0.1, -0.05) is 13.0 Å². The number of nitrogens with zero attached hydrogens (tertiary/aromatic N) is 1. The highest BCUT2D eigenvalue weighted by atomic mass is 32.1. The minimum atomic E-state index is -0.927. The molecule has 1 atom stereocenters. The van der Waals surface area contributed by atoms with Crippen molar-refractivity contribution in [2.75, 3.05) is 5.32 Å². The molecule has 0 saturated carbocycles. The van der Waals surface area contributed by atoms with Gasteiger partial charge in [0.2, 0.25) is 0 Å². The number of aryl methyl sites for hydroxylation is 1. The predicted octanol–water partition coefficient (Wildman–Crippen LogP) is 3.58. The van der Waals surface area contributed by atoms with E-state index < -0.39 is 5.97 Å². The number of aromatic carboxylic acids is 1. The summed E-state index contributed by atoms with van der Waals surface area (Å²) in [6.45, 7) is 3.99. The first-order chi connectivity index (χ1) is 9.10. The molecule has 2 heterocycles. The van der Waals surface area contributed by atoms with Crippen LogP contribution < -0.4 is 5.32 Å². The van der Waals surface area contributed by atoms with E-state index in [4.69, 9.17) is 5.11 Å². The number of carboxylic acids is 1. The molecule has 0 aromatic carbocycles. The number of carbonyl (C=O) groups is 1. The van der Waals surface area contributed by atoms with Crippen molar-refractivity contribution >= 4 is 23.1 Å². The summed E-state index contributed by atoms with van der Waals surface area (Å²) in [5.74, 6) is -0.318. The van der Waals surface area contributed by atoms with Gasteiger partial charge in [-0.2, -0.15) is 0 Å². The molecule has 0 amide bonds. The van der Waals surface area contributed by atoms with Crippen LogP contribution in [0.1, 0.15) is 40.8 Å². The van der Waals surface area contributed by atoms with E-state index in [1.54, 1.807) is 23.5 Å². The van der Waals surface area contributed by atoms with Crippen LogP contribution in [0.15, 0.2) is 29.6 Å². The number of rotatable bonds is 5. The Bertz CT molecular complexity index is 567. The molecule has 0 bridgehead atoms. The molecule has 2 N–H and O–H groups in total. The molecule has 2 rings (SSSR count). The fourth-order valence-electron chi connectivity index (χ4n) is 1.80. The number of aromatic nitrogens is 1. The normalized spacial score (nSPS) is 12.1. The zero-order chi connectivity index (χ0) is 13.8. The third kappa shape index (κ3) is 3.32. The monoisotopic (exact) mass is 276 g/mol. The first-order valence-corrected chi connectivity index (χ1v) is 7.02. The Morgan fingerprint density at radius 3 is 2.89 bits per heavy atom. The van der Waals surface area contributed by atoms with Crippen molar-refractivity contribution in [2.24, 2.45) is 0 Å². The highest BCUT2D eigenvalue weighted by Crippen LogP contribution is 2.23. The van der Waals surface area contributed by atoms with Crippen LogP contribution in [0.5, 0.6) is 0 Å². The molecule has 0 spiro atoms. The summed E-state index contributed by atoms with van der Waals surface area (Å²) in [6.07, 6.45) is 0.711. The summed E-state index contributed by atoms with van der Waals surface area (Å²) in [4.78, 5) is 16.7. The van der Waals surface area contributed by atoms with Gasteiger partial charge in [0.1, 0.15) is 5.82 Å². The summed E-state index contributed by atoms with van der Waals surface area (Å²) < 4.78 is 0. The van der Waals surface area contributed by atoms with E-state index in [2.05, 4.69) is 10.3 Å². The number of hydrogen-bond acceptors (Lipinski definition) is 4. The Labute approximate surface area is 116 Å². The number of carboxylic acid groups (broad SMARTS) is 1. The summed E-state index contributed by atoms with van der Waals surface area (Å²) >= 11 is 1.66. The van der Waals surface area contributed by atoms with Crippen LogP contribution in [0.2, 0.25) is 0 Å². The van der Waals surface area contributed by atoms with Crippen LogP contribution in [0.3, 0.4) is 0 Å². The molecule has 5 heteroatoms. The lowest BCUT2D eigenvalue weighted by atomic mass is 10.2. The molecule has 0 aliphatic heterocycles. The molecule has 0 saturated heterocycles. The maximum absolute atomic E-state index is 11.1. The lowest BCUT2D eigenvalue weighted by molar-refractivity contribution is 0.0696. The largest absolute Gasteiger partial charge is 0.478 e. The Morgan fingerprint density at radius 2 is 2.32 bits per heavy atom. The molecule has 0 aliphatic carbocycles. The van der Waals surface area contributed by atoms with Crippen LogP contribution >= 0.6 is 11.3 Å². The molecule has 0 aliphatic rings. The van der Waals surface area contributed by atoms with Crippen molar-refractivity contribution in [1.29, 1.82) is 0 Å². The van der Waals surface area contributed by atoms with Crippen molar-refractivity contribution in [2.45, 2.75) is 26.3 Å². The lowest BCUT2D eigenvalue weighted by Gasteiger charge is -2.14. The number of anilines is 1. The summed E-state index contributed by atoms with van der Waals surface area (Å²) in [7, 11) is 0. The summed E-state index contributed by atoms with van der Waals surface area (Å²) in [5.41, 5.74) is 1.05. The van der Waals surface area contributed by atoms with E-state index >= 15 is 0 Å². The van der Waals surface area contributed by atoms with Crippen LogP contribution in [0.4, 0.5) is 5.82 Å². The van der Waals surface area contributed by atoms with E-state index in [0.29, 0.717) is 12.2 Å². The first-order valence-electron chi connectivity index (χ1n) is 6.14. The summed E-state index contributed by atoms with van der Waals surface area (Å²) in [5, 5.41) is 14.4. The Kier molecular flexibility index (Phi) is 4.16. The SMILES string of the molecule is CCc1cc(C(=O)O)cc(NC(C)c2cccs2)n1. The van der Waals surface area contributed by atoms with Gasteiger partial charge >= 0.3 is 5.97 Å². The van der Waals surface area contributed by atoms with Gasteiger partial charge in [0.15, 0.2) is 0 Å². The molecule has 100 valence electrons. The van der Waals surface area contributed by atoms with E-state index in [1.165, 1.54) is 4.88 Å². The molecule has 1 unspecified atom stereocenters. The van der Waals surface area contributed by atoms with Crippen molar-refractivity contribution in [1.82, 2.24) is 4.98 Å². The molecule has 0 radical (unpaired) electrons. The van der Waals surface area contributed by atoms with Gasteiger partial charge in [-0.05, 0) is 36.9 Å². The minimum absolute atomic E-state index is 0.112. The number of pyridine rings is 1. The highest BCUT2D eigenvalue weighted by molar-refractivity contribution is 7.10. The number of thiophene rings is 1. The summed E-state index contributed by atoms with van der Waals surface area (Å²) in [6, 6.07) is 7.34. The van der Waals surface area contributed by atoms with Gasteiger partial charge in [-0.15, -0.1) is 11.3 Å². The fourth-order valence-corrected chi connectivity index (χ4v) is 2.53. The maximum atomic E-state index is 11.1. The third-order valence-corrected chi connectivity index (χ3v) is 3.88. The third-order valence-electron chi connectivity index (χ3n) is 2.82. The van der Waals surface area contributed by atoms with Gasteiger partial charge in [-0.25, -0.2) is 9.78 Å². The van der Waals surface area contributed by atoms with E-state index in [-0.39, 0.29) is 11.6 Å². The minimum Gasteiger partial charge on any atom is -0.478 e. The van der Waals surface area contributed by atoms with Crippen LogP contribution in [-0.2, 0) is 6.42 Å². The molecular weight excluding hydrogens is 260 g/mol. The van der Waals surface area contributed by atoms with Gasteiger partial charge < -0.3 is 10.4 Å². The number of hydrogen-bond donors (Lipinski definition) is 2. The molecule has 2 aromatic heterocycles. The second kappa shape index (κ2) is 5.84. The standard InChI is InChI=1S/C14H16N2O2S/c1-3-11-7-10(14(17)18)8-13(16-11)15-9(2)12-5-4-6-19-12/h4-9H,3H2,1-2H3,(H,15,16)(H,17,18). The number of nitrogens with one attached hydrogen (secondary N) is 1. The first kappa shape index (κ1) is 13.5. The fraction of sp³-hybridized carbons (Fsp3) is 0.286. The van der Waals surface area contributed by atoms with Crippen LogP contribution in [-0.4, -0.2) is 16.1 Å². The van der Waals surface area contributed by atoms with Crippen molar-refractivity contribution in [3.05, 3.63) is 45.8 Å². The average Bonchev–Trinajstić information content (AvgIpc) is 2.92. The Morgan fingerprint density at radius 1 is 1.53 bits per heavy atom. The predicted molar refractivity (Wildman–Crippen MR) is 76.9 cm³/mol. The van der Waals surface area contributed by atoms with E-state index in [9.17, 15) is 4.79 Å². The maximum Gasteiger partial charge on any atom is 0.335 e. The molecule has 19 heavy (non-hydrogen) atoms.